The molecule has 1 heterocycles. The lowest BCUT2D eigenvalue weighted by atomic mass is 9.99. The summed E-state index contributed by atoms with van der Waals surface area (Å²) in [5.41, 5.74) is 1.11. The minimum atomic E-state index is -1.58. The summed E-state index contributed by atoms with van der Waals surface area (Å²) in [6, 6.07) is -0.699. The smallest absolute Gasteiger partial charge is 0.249 e. The zero-order valence-electron chi connectivity index (χ0n) is 43.5. The van der Waals surface area contributed by atoms with Crippen molar-refractivity contribution in [1.82, 2.24) is 5.32 Å². The van der Waals surface area contributed by atoms with Crippen LogP contribution in [0.15, 0.2) is 23.8 Å². The molecule has 0 aromatic carbocycles. The number of aliphatic hydroxyl groups is 5. The van der Waals surface area contributed by atoms with E-state index in [0.717, 1.165) is 54.9 Å². The van der Waals surface area contributed by atoms with Crippen LogP contribution in [0.3, 0.4) is 0 Å². The van der Waals surface area contributed by atoms with Crippen molar-refractivity contribution < 1.29 is 44.5 Å². The Morgan fingerprint density at radius 3 is 1.61 bits per heavy atom. The number of carbonyl (C=O) groups is 1. The number of nitrogens with one attached hydrogen (secondary N) is 1. The lowest BCUT2D eigenvalue weighted by Gasteiger charge is -2.40. The standard InChI is InChI=1S/C57H105NO9/c1-5-7-9-11-13-15-20-26-32-45-40-47(45)34-28-22-17-18-24-30-36-50(60)56(64)58-49(43-66-57-55(63)54(62)53(61)52(42-59)67-57)51(65-39-38-44(3)4)37-31-25-19-23-29-35-48-41-46(48)33-27-21-16-14-12-10-8-6-2/h18,24,38,45-55,57,59-63H,5-17,19-23,25-37,39-43H2,1-4H3,(H,58,64)/b24-18-/t45-,46-,47+,48+,49-,50+,51+,52+,53-,54-,55+,57+/m0/s1. The van der Waals surface area contributed by atoms with Gasteiger partial charge in [-0.15, -0.1) is 0 Å². The van der Waals surface area contributed by atoms with Crippen LogP contribution in [0, 0.1) is 23.7 Å². The number of hydrogen-bond acceptors (Lipinski definition) is 9. The highest BCUT2D eigenvalue weighted by molar-refractivity contribution is 5.80. The van der Waals surface area contributed by atoms with Gasteiger partial charge in [0.1, 0.15) is 30.5 Å². The minimum absolute atomic E-state index is 0.136. The normalized spacial score (nSPS) is 26.1. The first-order valence-corrected chi connectivity index (χ1v) is 28.4. The van der Waals surface area contributed by atoms with Crippen LogP contribution < -0.4 is 5.32 Å². The molecule has 0 unspecified atom stereocenters. The fraction of sp³-hybridized carbons (Fsp3) is 0.912. The zero-order valence-corrected chi connectivity index (χ0v) is 43.5. The highest BCUT2D eigenvalue weighted by Crippen LogP contribution is 2.46. The maximum Gasteiger partial charge on any atom is 0.249 e. The van der Waals surface area contributed by atoms with Gasteiger partial charge >= 0.3 is 0 Å². The first kappa shape index (κ1) is 59.9. The van der Waals surface area contributed by atoms with Crippen LogP contribution in [-0.2, 0) is 19.0 Å². The average molecular weight is 948 g/mol. The third-order valence-corrected chi connectivity index (χ3v) is 15.2. The van der Waals surface area contributed by atoms with Gasteiger partial charge in [0.25, 0.3) is 0 Å². The van der Waals surface area contributed by atoms with E-state index in [-0.39, 0.29) is 13.0 Å². The van der Waals surface area contributed by atoms with Gasteiger partial charge in [-0.2, -0.15) is 0 Å². The molecule has 1 amide bonds. The van der Waals surface area contributed by atoms with E-state index in [4.69, 9.17) is 14.2 Å². The van der Waals surface area contributed by atoms with E-state index in [0.29, 0.717) is 19.4 Å². The monoisotopic (exact) mass is 948 g/mol. The zero-order chi connectivity index (χ0) is 48.5. The molecule has 0 radical (unpaired) electrons. The van der Waals surface area contributed by atoms with Crippen LogP contribution in [-0.4, -0.2) is 100 Å². The van der Waals surface area contributed by atoms with Crippen molar-refractivity contribution in [3.63, 3.8) is 0 Å². The molecule has 2 aliphatic carbocycles. The Balaban J connectivity index is 1.41. The van der Waals surface area contributed by atoms with Gasteiger partial charge in [-0.3, -0.25) is 4.79 Å². The molecule has 12 atom stereocenters. The van der Waals surface area contributed by atoms with Crippen LogP contribution in [0.5, 0.6) is 0 Å². The minimum Gasteiger partial charge on any atom is -0.394 e. The van der Waals surface area contributed by atoms with E-state index in [1.54, 1.807) is 0 Å². The number of amides is 1. The number of allylic oxidation sites excluding steroid dienone is 3. The maximum absolute atomic E-state index is 13.6. The third kappa shape index (κ3) is 27.2. The van der Waals surface area contributed by atoms with E-state index >= 15 is 0 Å². The fourth-order valence-electron chi connectivity index (χ4n) is 10.4. The van der Waals surface area contributed by atoms with E-state index in [1.807, 2.05) is 19.9 Å². The van der Waals surface area contributed by atoms with Crippen LogP contribution in [0.4, 0.5) is 0 Å². The molecule has 67 heavy (non-hydrogen) atoms. The highest BCUT2D eigenvalue weighted by atomic mass is 16.7. The predicted molar refractivity (Wildman–Crippen MR) is 274 cm³/mol. The van der Waals surface area contributed by atoms with Crippen molar-refractivity contribution >= 4 is 5.91 Å². The number of carbonyl (C=O) groups excluding carboxylic acids is 1. The lowest BCUT2D eigenvalue weighted by molar-refractivity contribution is -0.303. The Hall–Kier alpha value is -1.37. The number of rotatable bonds is 44. The number of aliphatic hydroxyl groups excluding tert-OH is 5. The fourth-order valence-corrected chi connectivity index (χ4v) is 10.4. The molecule has 3 rings (SSSR count). The number of hydrogen-bond donors (Lipinski definition) is 6. The number of unbranched alkanes of at least 4 members (excludes halogenated alkanes) is 20. The van der Waals surface area contributed by atoms with Crippen LogP contribution in [0.1, 0.15) is 240 Å². The van der Waals surface area contributed by atoms with Gasteiger partial charge in [0.2, 0.25) is 5.91 Å². The van der Waals surface area contributed by atoms with Crippen molar-refractivity contribution in [2.24, 2.45) is 23.7 Å². The van der Waals surface area contributed by atoms with Crippen LogP contribution >= 0.6 is 0 Å². The average Bonchev–Trinajstić information content (AvgIpc) is 4.25. The number of ether oxygens (including phenoxy) is 3. The second kappa shape index (κ2) is 37.4. The summed E-state index contributed by atoms with van der Waals surface area (Å²) in [7, 11) is 0. The second-order valence-electron chi connectivity index (χ2n) is 21.5. The van der Waals surface area contributed by atoms with E-state index in [1.165, 1.54) is 167 Å². The molecule has 3 fully saturated rings. The second-order valence-corrected chi connectivity index (χ2v) is 21.5. The molecule has 3 aliphatic rings. The quantitative estimate of drug-likeness (QED) is 0.0258. The molecular weight excluding hydrogens is 843 g/mol. The molecule has 0 spiro atoms. The van der Waals surface area contributed by atoms with Crippen LogP contribution in [0.2, 0.25) is 0 Å². The molecule has 0 aromatic rings. The summed E-state index contributed by atoms with van der Waals surface area (Å²) in [6.45, 7) is 8.21. The molecule has 392 valence electrons. The Bertz CT molecular complexity index is 1270. The SMILES string of the molecule is CCCCCCCCCC[C@H]1C[C@H]1CCCC/C=C\CC[C@@H](O)C(=O)N[C@@H](CO[C@@H]1O[C@H](CO)[C@H](O)[C@H](O)[C@H]1O)[C@@H](CCCCCCC[C@@H]1C[C@@H]1CCCCCCCCCC)OCC=C(C)C. The van der Waals surface area contributed by atoms with Crippen molar-refractivity contribution in [2.45, 2.75) is 289 Å². The van der Waals surface area contributed by atoms with Gasteiger partial charge in [0, 0.05) is 0 Å². The van der Waals surface area contributed by atoms with E-state index in [9.17, 15) is 30.3 Å². The first-order chi connectivity index (χ1) is 32.6. The Labute approximate surface area is 410 Å². The van der Waals surface area contributed by atoms with Gasteiger partial charge in [0.15, 0.2) is 6.29 Å². The topological polar surface area (TPSA) is 158 Å². The van der Waals surface area contributed by atoms with Crippen molar-refractivity contribution in [3.05, 3.63) is 23.8 Å². The van der Waals surface area contributed by atoms with Gasteiger partial charge in [-0.05, 0) is 82.5 Å². The summed E-state index contributed by atoms with van der Waals surface area (Å²) in [6.07, 6.45) is 38.6. The molecule has 2 saturated carbocycles. The highest BCUT2D eigenvalue weighted by Gasteiger charge is 2.44. The van der Waals surface area contributed by atoms with Gasteiger partial charge in [-0.1, -0.05) is 205 Å². The van der Waals surface area contributed by atoms with Crippen molar-refractivity contribution in [1.29, 1.82) is 0 Å². The molecule has 0 aromatic heterocycles. The third-order valence-electron chi connectivity index (χ3n) is 15.2. The molecule has 1 aliphatic heterocycles. The van der Waals surface area contributed by atoms with Gasteiger partial charge in [-0.25, -0.2) is 0 Å². The lowest BCUT2D eigenvalue weighted by Crippen LogP contribution is -2.60. The molecule has 6 N–H and O–H groups in total. The van der Waals surface area contributed by atoms with Crippen molar-refractivity contribution in [2.75, 3.05) is 19.8 Å². The van der Waals surface area contributed by atoms with E-state index in [2.05, 4.69) is 31.3 Å². The van der Waals surface area contributed by atoms with E-state index < -0.39 is 61.5 Å². The summed E-state index contributed by atoms with van der Waals surface area (Å²) >= 11 is 0. The largest absolute Gasteiger partial charge is 0.394 e. The Morgan fingerprint density at radius 2 is 1.10 bits per heavy atom. The Kier molecular flexibility index (Phi) is 33.5. The maximum atomic E-state index is 13.6. The molecular formula is C57H105NO9. The van der Waals surface area contributed by atoms with Crippen LogP contribution in [0.25, 0.3) is 0 Å². The summed E-state index contributed by atoms with van der Waals surface area (Å²) in [4.78, 5) is 13.6. The Morgan fingerprint density at radius 1 is 0.627 bits per heavy atom. The summed E-state index contributed by atoms with van der Waals surface area (Å²) < 4.78 is 18.0. The first-order valence-electron chi connectivity index (χ1n) is 28.4. The van der Waals surface area contributed by atoms with Gasteiger partial charge < -0.3 is 45.1 Å². The predicted octanol–water partition coefficient (Wildman–Crippen LogP) is 12.0. The molecule has 10 nitrogen and oxygen atoms in total. The van der Waals surface area contributed by atoms with Gasteiger partial charge in [0.05, 0.1) is 32.0 Å². The summed E-state index contributed by atoms with van der Waals surface area (Å²) in [5.74, 6) is 3.28. The molecule has 0 bridgehead atoms. The van der Waals surface area contributed by atoms with Crippen molar-refractivity contribution in [3.8, 4) is 0 Å². The molecule has 10 heteroatoms. The molecule has 1 saturated heterocycles. The summed E-state index contributed by atoms with van der Waals surface area (Å²) in [5, 5.41) is 55.2.